The van der Waals surface area contributed by atoms with E-state index in [-0.39, 0.29) is 12.5 Å². The van der Waals surface area contributed by atoms with Crippen LogP contribution in [0.2, 0.25) is 0 Å². The molecule has 0 heterocycles. The molecule has 1 N–H and O–H groups in total. The highest BCUT2D eigenvalue weighted by molar-refractivity contribution is 5.78. The van der Waals surface area contributed by atoms with Crippen LogP contribution >= 0.6 is 0 Å². The molecular weight excluding hydrogens is 204 g/mol. The van der Waals surface area contributed by atoms with E-state index in [0.717, 1.165) is 38.9 Å². The number of rotatable bonds is 9. The van der Waals surface area contributed by atoms with Gasteiger partial charge in [0.15, 0.2) is 0 Å². The quantitative estimate of drug-likeness (QED) is 0.599. The molecule has 1 aliphatic rings. The molecule has 1 rings (SSSR count). The first-order valence-corrected chi connectivity index (χ1v) is 6.37. The molecule has 1 saturated carbocycles. The van der Waals surface area contributed by atoms with Crippen LogP contribution in [-0.2, 0) is 9.53 Å². The largest absolute Gasteiger partial charge is 0.370 e. The summed E-state index contributed by atoms with van der Waals surface area (Å²) < 4.78 is 5.35. The van der Waals surface area contributed by atoms with Crippen molar-refractivity contribution in [1.82, 2.24) is 10.2 Å². The van der Waals surface area contributed by atoms with Gasteiger partial charge in [0.05, 0.1) is 6.61 Å². The fourth-order valence-corrected chi connectivity index (χ4v) is 1.71. The monoisotopic (exact) mass is 228 g/mol. The zero-order valence-corrected chi connectivity index (χ0v) is 10.5. The van der Waals surface area contributed by atoms with Crippen molar-refractivity contribution in [2.75, 3.05) is 32.8 Å². The van der Waals surface area contributed by atoms with Crippen LogP contribution in [0.1, 0.15) is 33.1 Å². The zero-order valence-electron chi connectivity index (χ0n) is 10.5. The van der Waals surface area contributed by atoms with Gasteiger partial charge in [-0.3, -0.25) is 4.79 Å². The molecule has 4 heteroatoms. The molecule has 1 fully saturated rings. The van der Waals surface area contributed by atoms with E-state index in [2.05, 4.69) is 12.2 Å². The van der Waals surface area contributed by atoms with Crippen molar-refractivity contribution in [1.29, 1.82) is 0 Å². The molecule has 0 aliphatic heterocycles. The third-order valence-electron chi connectivity index (χ3n) is 2.72. The standard InChI is InChI=1S/C12H24N2O2/c1-3-7-13-8-9-16-10-12(15)14(4-2)11-5-6-11/h11,13H,3-10H2,1-2H3. The highest BCUT2D eigenvalue weighted by Crippen LogP contribution is 2.26. The fraction of sp³-hybridized carbons (Fsp3) is 0.917. The molecule has 1 aliphatic carbocycles. The van der Waals surface area contributed by atoms with Crippen LogP contribution in [0.15, 0.2) is 0 Å². The van der Waals surface area contributed by atoms with E-state index in [1.54, 1.807) is 0 Å². The minimum absolute atomic E-state index is 0.139. The van der Waals surface area contributed by atoms with Gasteiger partial charge in [-0.25, -0.2) is 0 Å². The van der Waals surface area contributed by atoms with E-state index in [9.17, 15) is 4.79 Å². The van der Waals surface area contributed by atoms with E-state index in [4.69, 9.17) is 4.74 Å². The van der Waals surface area contributed by atoms with E-state index in [0.29, 0.717) is 12.6 Å². The smallest absolute Gasteiger partial charge is 0.248 e. The SMILES string of the molecule is CCCNCCOCC(=O)N(CC)C1CC1. The van der Waals surface area contributed by atoms with Crippen LogP contribution in [0.25, 0.3) is 0 Å². The maximum Gasteiger partial charge on any atom is 0.248 e. The molecular formula is C12H24N2O2. The Morgan fingerprint density at radius 2 is 2.12 bits per heavy atom. The second kappa shape index (κ2) is 7.63. The topological polar surface area (TPSA) is 41.6 Å². The van der Waals surface area contributed by atoms with Gasteiger partial charge < -0.3 is 15.0 Å². The lowest BCUT2D eigenvalue weighted by Gasteiger charge is -2.20. The lowest BCUT2D eigenvalue weighted by molar-refractivity contribution is -0.136. The molecule has 0 saturated heterocycles. The average molecular weight is 228 g/mol. The van der Waals surface area contributed by atoms with Gasteiger partial charge in [0.2, 0.25) is 5.91 Å². The molecule has 94 valence electrons. The maximum absolute atomic E-state index is 11.7. The summed E-state index contributed by atoms with van der Waals surface area (Å²) in [6, 6.07) is 0.499. The molecule has 0 aromatic carbocycles. The van der Waals surface area contributed by atoms with Crippen molar-refractivity contribution in [2.24, 2.45) is 0 Å². The maximum atomic E-state index is 11.7. The lowest BCUT2D eigenvalue weighted by atomic mass is 10.4. The molecule has 0 bridgehead atoms. The first-order valence-electron chi connectivity index (χ1n) is 6.37. The number of hydrogen-bond acceptors (Lipinski definition) is 3. The first kappa shape index (κ1) is 13.5. The molecule has 0 aromatic heterocycles. The summed E-state index contributed by atoms with van der Waals surface area (Å²) in [6.07, 6.45) is 3.46. The van der Waals surface area contributed by atoms with Crippen LogP contribution in [0.4, 0.5) is 0 Å². The number of nitrogens with zero attached hydrogens (tertiary/aromatic N) is 1. The summed E-state index contributed by atoms with van der Waals surface area (Å²) >= 11 is 0. The van der Waals surface area contributed by atoms with E-state index < -0.39 is 0 Å². The number of likely N-dealkylation sites (N-methyl/N-ethyl adjacent to an activating group) is 1. The Bertz CT molecular complexity index is 205. The van der Waals surface area contributed by atoms with Gasteiger partial charge in [-0.1, -0.05) is 6.92 Å². The molecule has 0 unspecified atom stereocenters. The Balaban J connectivity index is 2.00. The second-order valence-corrected chi connectivity index (χ2v) is 4.21. The van der Waals surface area contributed by atoms with E-state index in [1.807, 2.05) is 11.8 Å². The summed E-state index contributed by atoms with van der Waals surface area (Å²) in [5.74, 6) is 0.139. The van der Waals surface area contributed by atoms with Crippen molar-refractivity contribution in [3.05, 3.63) is 0 Å². The van der Waals surface area contributed by atoms with Gasteiger partial charge in [0.25, 0.3) is 0 Å². The molecule has 0 atom stereocenters. The summed E-state index contributed by atoms with van der Waals surface area (Å²) in [5.41, 5.74) is 0. The van der Waals surface area contributed by atoms with Crippen molar-refractivity contribution in [3.8, 4) is 0 Å². The zero-order chi connectivity index (χ0) is 11.8. The van der Waals surface area contributed by atoms with Crippen LogP contribution < -0.4 is 5.32 Å². The third kappa shape index (κ3) is 4.94. The van der Waals surface area contributed by atoms with Crippen molar-refractivity contribution < 1.29 is 9.53 Å². The lowest BCUT2D eigenvalue weighted by Crippen LogP contribution is -2.36. The second-order valence-electron chi connectivity index (χ2n) is 4.21. The van der Waals surface area contributed by atoms with Crippen molar-refractivity contribution in [3.63, 3.8) is 0 Å². The molecule has 4 nitrogen and oxygen atoms in total. The Kier molecular flexibility index (Phi) is 6.42. The number of nitrogens with one attached hydrogen (secondary N) is 1. The fourth-order valence-electron chi connectivity index (χ4n) is 1.71. The Morgan fingerprint density at radius 3 is 2.69 bits per heavy atom. The summed E-state index contributed by atoms with van der Waals surface area (Å²) in [5, 5.41) is 3.24. The Morgan fingerprint density at radius 1 is 1.38 bits per heavy atom. The Hall–Kier alpha value is -0.610. The van der Waals surface area contributed by atoms with Crippen LogP contribution in [0, 0.1) is 0 Å². The normalized spacial score (nSPS) is 15.1. The number of carbonyl (C=O) groups is 1. The first-order chi connectivity index (χ1) is 7.79. The van der Waals surface area contributed by atoms with E-state index in [1.165, 1.54) is 0 Å². The van der Waals surface area contributed by atoms with Gasteiger partial charge >= 0.3 is 0 Å². The highest BCUT2D eigenvalue weighted by Gasteiger charge is 2.30. The van der Waals surface area contributed by atoms with Gasteiger partial charge in [-0.2, -0.15) is 0 Å². The molecule has 16 heavy (non-hydrogen) atoms. The molecule has 0 radical (unpaired) electrons. The summed E-state index contributed by atoms with van der Waals surface area (Å²) in [7, 11) is 0. The average Bonchev–Trinajstić information content (AvgIpc) is 3.08. The Labute approximate surface area is 98.3 Å². The van der Waals surface area contributed by atoms with Crippen molar-refractivity contribution >= 4 is 5.91 Å². The summed E-state index contributed by atoms with van der Waals surface area (Å²) in [6.45, 7) is 7.66. The number of hydrogen-bond donors (Lipinski definition) is 1. The minimum Gasteiger partial charge on any atom is -0.370 e. The number of carbonyl (C=O) groups excluding carboxylic acids is 1. The van der Waals surface area contributed by atoms with Crippen molar-refractivity contribution in [2.45, 2.75) is 39.2 Å². The number of amides is 1. The minimum atomic E-state index is 0.139. The predicted octanol–water partition coefficient (Wildman–Crippen LogP) is 1.01. The molecule has 0 aromatic rings. The van der Waals surface area contributed by atoms with Gasteiger partial charge in [0.1, 0.15) is 6.61 Å². The van der Waals surface area contributed by atoms with Gasteiger partial charge in [-0.15, -0.1) is 0 Å². The third-order valence-corrected chi connectivity index (χ3v) is 2.72. The highest BCUT2D eigenvalue weighted by atomic mass is 16.5. The van der Waals surface area contributed by atoms with Crippen LogP contribution in [0.5, 0.6) is 0 Å². The van der Waals surface area contributed by atoms with Crippen LogP contribution in [0.3, 0.4) is 0 Å². The van der Waals surface area contributed by atoms with E-state index >= 15 is 0 Å². The summed E-state index contributed by atoms with van der Waals surface area (Å²) in [4.78, 5) is 13.7. The predicted molar refractivity (Wildman–Crippen MR) is 64.4 cm³/mol. The van der Waals surface area contributed by atoms with Crippen LogP contribution in [-0.4, -0.2) is 49.7 Å². The molecule has 0 spiro atoms. The van der Waals surface area contributed by atoms with Gasteiger partial charge in [0, 0.05) is 19.1 Å². The number of ether oxygens (including phenoxy) is 1. The van der Waals surface area contributed by atoms with Gasteiger partial charge in [-0.05, 0) is 32.7 Å². The molecule has 1 amide bonds.